The maximum absolute atomic E-state index is 12.4. The third-order valence-electron chi connectivity index (χ3n) is 3.96. The number of halogens is 1. The van der Waals surface area contributed by atoms with Crippen LogP contribution in [0.3, 0.4) is 0 Å². The molecule has 0 saturated carbocycles. The highest BCUT2D eigenvalue weighted by molar-refractivity contribution is 7.89. The summed E-state index contributed by atoms with van der Waals surface area (Å²) in [6, 6.07) is 6.08. The average Bonchev–Trinajstić information content (AvgIpc) is 3.00. The summed E-state index contributed by atoms with van der Waals surface area (Å²) in [6.45, 7) is 1.19. The van der Waals surface area contributed by atoms with E-state index in [1.54, 1.807) is 6.20 Å². The Hall–Kier alpha value is -1.88. The molecule has 2 heterocycles. The van der Waals surface area contributed by atoms with Crippen LogP contribution in [-0.2, 0) is 23.0 Å². The molecule has 3 rings (SSSR count). The van der Waals surface area contributed by atoms with Crippen molar-refractivity contribution in [3.05, 3.63) is 47.0 Å². The number of hydrogen-bond acceptors (Lipinski definition) is 4. The zero-order valence-electron chi connectivity index (χ0n) is 12.2. The van der Waals surface area contributed by atoms with E-state index in [0.717, 1.165) is 25.2 Å². The Morgan fingerprint density at radius 3 is 3.04 bits per heavy atom. The van der Waals surface area contributed by atoms with Crippen LogP contribution < -0.4 is 4.72 Å². The van der Waals surface area contributed by atoms with Gasteiger partial charge in [-0.05, 0) is 30.5 Å². The number of nitriles is 1. The number of hydrogen-bond donors (Lipinski definition) is 1. The van der Waals surface area contributed by atoms with E-state index in [1.165, 1.54) is 18.2 Å². The molecule has 0 spiro atoms. The largest absolute Gasteiger partial charge is 0.335 e. The summed E-state index contributed by atoms with van der Waals surface area (Å²) in [5, 5.41) is 8.86. The molecule has 1 unspecified atom stereocenters. The number of benzene rings is 1. The van der Waals surface area contributed by atoms with Crippen LogP contribution in [-0.4, -0.2) is 24.5 Å². The van der Waals surface area contributed by atoms with Gasteiger partial charge in [0.15, 0.2) is 0 Å². The first-order valence-electron chi connectivity index (χ1n) is 7.19. The molecule has 1 aromatic carbocycles. The lowest BCUT2D eigenvalue weighted by atomic mass is 9.98. The van der Waals surface area contributed by atoms with Gasteiger partial charge < -0.3 is 4.57 Å². The van der Waals surface area contributed by atoms with Crippen molar-refractivity contribution in [1.82, 2.24) is 14.3 Å². The molecule has 0 amide bonds. The maximum Gasteiger partial charge on any atom is 0.242 e. The molecule has 1 aliphatic heterocycles. The van der Waals surface area contributed by atoms with Crippen LogP contribution in [0.5, 0.6) is 0 Å². The second-order valence-corrected chi connectivity index (χ2v) is 7.65. The minimum absolute atomic E-state index is 0.00419. The van der Waals surface area contributed by atoms with E-state index in [2.05, 4.69) is 14.3 Å². The highest BCUT2D eigenvalue weighted by Crippen LogP contribution is 2.23. The SMILES string of the molecule is N#Cc1ccc(S(=O)(=O)NCC2CCn3ccnc3C2)c(Cl)c1. The van der Waals surface area contributed by atoms with Crippen molar-refractivity contribution < 1.29 is 8.42 Å². The van der Waals surface area contributed by atoms with Gasteiger partial charge in [0.05, 0.1) is 16.7 Å². The molecule has 0 fully saturated rings. The highest BCUT2D eigenvalue weighted by Gasteiger charge is 2.23. The van der Waals surface area contributed by atoms with Crippen molar-refractivity contribution in [1.29, 1.82) is 5.26 Å². The van der Waals surface area contributed by atoms with Crippen LogP contribution in [0.25, 0.3) is 0 Å². The lowest BCUT2D eigenvalue weighted by Gasteiger charge is -2.23. The zero-order chi connectivity index (χ0) is 16.4. The fourth-order valence-corrected chi connectivity index (χ4v) is 4.34. The predicted molar refractivity (Wildman–Crippen MR) is 85.4 cm³/mol. The maximum atomic E-state index is 12.4. The fourth-order valence-electron chi connectivity index (χ4n) is 2.68. The molecule has 2 aromatic rings. The van der Waals surface area contributed by atoms with E-state index < -0.39 is 10.0 Å². The molecule has 0 saturated heterocycles. The third kappa shape index (κ3) is 3.39. The molecular formula is C15H15ClN4O2S. The standard InChI is InChI=1S/C15H15ClN4O2S/c16-13-7-11(9-17)1-2-14(13)23(21,22)19-10-12-3-5-20-6-4-18-15(20)8-12/h1-2,4,6-7,12,19H,3,5,8,10H2. The van der Waals surface area contributed by atoms with E-state index in [-0.39, 0.29) is 15.8 Å². The van der Waals surface area contributed by atoms with Crippen LogP contribution in [0.4, 0.5) is 0 Å². The van der Waals surface area contributed by atoms with E-state index in [9.17, 15) is 8.42 Å². The van der Waals surface area contributed by atoms with Gasteiger partial charge in [-0.1, -0.05) is 11.6 Å². The Kier molecular flexibility index (Phi) is 4.39. The Morgan fingerprint density at radius 2 is 2.30 bits per heavy atom. The molecule has 0 aliphatic carbocycles. The molecule has 8 heteroatoms. The number of nitrogens with one attached hydrogen (secondary N) is 1. The van der Waals surface area contributed by atoms with Gasteiger partial charge in [0.25, 0.3) is 0 Å². The summed E-state index contributed by atoms with van der Waals surface area (Å²) in [7, 11) is -3.70. The van der Waals surface area contributed by atoms with Crippen LogP contribution in [0.1, 0.15) is 17.8 Å². The quantitative estimate of drug-likeness (QED) is 0.912. The van der Waals surface area contributed by atoms with Crippen molar-refractivity contribution in [2.45, 2.75) is 24.3 Å². The van der Waals surface area contributed by atoms with Crippen molar-refractivity contribution in [2.24, 2.45) is 5.92 Å². The number of aromatic nitrogens is 2. The van der Waals surface area contributed by atoms with Gasteiger partial charge in [-0.2, -0.15) is 5.26 Å². The summed E-state index contributed by atoms with van der Waals surface area (Å²) in [5.41, 5.74) is 0.327. The summed E-state index contributed by atoms with van der Waals surface area (Å²) in [5.74, 6) is 1.19. The normalized spacial score (nSPS) is 17.5. The van der Waals surface area contributed by atoms with Crippen molar-refractivity contribution in [2.75, 3.05) is 6.54 Å². The second kappa shape index (κ2) is 6.32. The Bertz CT molecular complexity index is 870. The number of aryl methyl sites for hydroxylation is 1. The van der Waals surface area contributed by atoms with Crippen LogP contribution in [0.2, 0.25) is 5.02 Å². The number of rotatable bonds is 4. The molecular weight excluding hydrogens is 336 g/mol. The van der Waals surface area contributed by atoms with Crippen molar-refractivity contribution >= 4 is 21.6 Å². The molecule has 6 nitrogen and oxygen atoms in total. The summed E-state index contributed by atoms with van der Waals surface area (Å²) < 4.78 is 29.5. The van der Waals surface area contributed by atoms with Crippen LogP contribution in [0.15, 0.2) is 35.5 Å². The Labute approximate surface area is 139 Å². The van der Waals surface area contributed by atoms with Gasteiger partial charge in [0, 0.05) is 31.9 Å². The molecule has 1 atom stereocenters. The molecule has 1 N–H and O–H groups in total. The van der Waals surface area contributed by atoms with Gasteiger partial charge in [0.2, 0.25) is 10.0 Å². The smallest absolute Gasteiger partial charge is 0.242 e. The van der Waals surface area contributed by atoms with Crippen molar-refractivity contribution in [3.63, 3.8) is 0 Å². The van der Waals surface area contributed by atoms with Gasteiger partial charge in [-0.3, -0.25) is 0 Å². The minimum Gasteiger partial charge on any atom is -0.335 e. The first-order valence-corrected chi connectivity index (χ1v) is 9.05. The number of fused-ring (bicyclic) bond motifs is 1. The summed E-state index contributed by atoms with van der Waals surface area (Å²) in [6.07, 6.45) is 5.34. The Balaban J connectivity index is 1.69. The zero-order valence-corrected chi connectivity index (χ0v) is 13.8. The Morgan fingerprint density at radius 1 is 1.48 bits per heavy atom. The fraction of sp³-hybridized carbons (Fsp3) is 0.333. The van der Waals surface area contributed by atoms with E-state index >= 15 is 0 Å². The molecule has 0 bridgehead atoms. The highest BCUT2D eigenvalue weighted by atomic mass is 35.5. The van der Waals surface area contributed by atoms with Gasteiger partial charge in [-0.15, -0.1) is 0 Å². The van der Waals surface area contributed by atoms with E-state index in [0.29, 0.717) is 12.1 Å². The van der Waals surface area contributed by atoms with E-state index in [1.807, 2.05) is 12.3 Å². The summed E-state index contributed by atoms with van der Waals surface area (Å²) in [4.78, 5) is 4.27. The molecule has 23 heavy (non-hydrogen) atoms. The lowest BCUT2D eigenvalue weighted by Crippen LogP contribution is -2.33. The second-order valence-electron chi connectivity index (χ2n) is 5.50. The number of sulfonamides is 1. The molecule has 1 aromatic heterocycles. The number of nitrogens with zero attached hydrogens (tertiary/aromatic N) is 3. The minimum atomic E-state index is -3.70. The average molecular weight is 351 g/mol. The number of imidazole rings is 1. The topological polar surface area (TPSA) is 87.8 Å². The van der Waals surface area contributed by atoms with E-state index in [4.69, 9.17) is 16.9 Å². The molecule has 0 radical (unpaired) electrons. The van der Waals surface area contributed by atoms with Gasteiger partial charge >= 0.3 is 0 Å². The monoisotopic (exact) mass is 350 g/mol. The third-order valence-corrected chi connectivity index (χ3v) is 5.87. The van der Waals surface area contributed by atoms with Crippen LogP contribution >= 0.6 is 11.6 Å². The van der Waals surface area contributed by atoms with Gasteiger partial charge in [0.1, 0.15) is 10.7 Å². The molecule has 1 aliphatic rings. The molecule has 120 valence electrons. The first-order chi connectivity index (χ1) is 11.0. The van der Waals surface area contributed by atoms with Gasteiger partial charge in [-0.25, -0.2) is 18.1 Å². The lowest BCUT2D eigenvalue weighted by molar-refractivity contribution is 0.379. The van der Waals surface area contributed by atoms with Crippen LogP contribution in [0, 0.1) is 17.2 Å². The van der Waals surface area contributed by atoms with Crippen molar-refractivity contribution in [3.8, 4) is 6.07 Å². The summed E-state index contributed by atoms with van der Waals surface area (Å²) >= 11 is 5.98. The first kappa shape index (κ1) is 16.0. The predicted octanol–water partition coefficient (Wildman–Crippen LogP) is 1.95.